The van der Waals surface area contributed by atoms with E-state index < -0.39 is 5.41 Å². The summed E-state index contributed by atoms with van der Waals surface area (Å²) in [6, 6.07) is 13.8. The molecule has 1 saturated heterocycles. The minimum absolute atomic E-state index is 0.0243. The molecule has 6 heteroatoms. The van der Waals surface area contributed by atoms with Crippen LogP contribution in [0.4, 0.5) is 4.39 Å². The van der Waals surface area contributed by atoms with Gasteiger partial charge in [-0.1, -0.05) is 43.2 Å². The van der Waals surface area contributed by atoms with Crippen LogP contribution in [0.1, 0.15) is 49.8 Å². The Hall–Kier alpha value is -2.89. The fourth-order valence-electron chi connectivity index (χ4n) is 5.25. The number of carbonyl (C=O) groups is 2. The highest BCUT2D eigenvalue weighted by Crippen LogP contribution is 2.44. The Morgan fingerprint density at radius 3 is 2.48 bits per heavy atom. The molecule has 0 unspecified atom stereocenters. The lowest BCUT2D eigenvalue weighted by atomic mass is 9.77. The molecule has 1 aliphatic heterocycles. The summed E-state index contributed by atoms with van der Waals surface area (Å²) < 4.78 is 19.6. The first kappa shape index (κ1) is 21.3. The lowest BCUT2D eigenvalue weighted by molar-refractivity contribution is -0.145. The van der Waals surface area contributed by atoms with E-state index in [1.807, 2.05) is 40.1 Å². The molecule has 0 aromatic heterocycles. The van der Waals surface area contributed by atoms with Crippen molar-refractivity contribution in [3.63, 3.8) is 0 Å². The second-order valence-corrected chi connectivity index (χ2v) is 8.52. The van der Waals surface area contributed by atoms with Crippen molar-refractivity contribution in [3.8, 4) is 5.75 Å². The van der Waals surface area contributed by atoms with Crippen LogP contribution < -0.4 is 4.74 Å². The van der Waals surface area contributed by atoms with Gasteiger partial charge in [0.2, 0.25) is 11.8 Å². The molecule has 2 aliphatic rings. The molecule has 0 N–H and O–H groups in total. The largest absolute Gasteiger partial charge is 0.496 e. The number of para-hydroxylation sites is 1. The molecular formula is C25H29FN2O3. The molecule has 2 amide bonds. The van der Waals surface area contributed by atoms with Gasteiger partial charge in [-0.25, -0.2) is 4.39 Å². The fraction of sp³-hybridized carbons (Fsp3) is 0.440. The van der Waals surface area contributed by atoms with Crippen molar-refractivity contribution >= 4 is 11.8 Å². The maximum atomic E-state index is 14.0. The zero-order chi connectivity index (χ0) is 22.0. The Morgan fingerprint density at radius 1 is 1.06 bits per heavy atom. The Bertz CT molecular complexity index is 971. The molecule has 1 saturated carbocycles. The van der Waals surface area contributed by atoms with Gasteiger partial charge in [0.25, 0.3) is 0 Å². The molecule has 1 atom stereocenters. The highest BCUT2D eigenvalue weighted by molar-refractivity contribution is 5.89. The van der Waals surface area contributed by atoms with E-state index in [1.165, 1.54) is 12.1 Å². The van der Waals surface area contributed by atoms with Crippen molar-refractivity contribution in [1.29, 1.82) is 0 Å². The average molecular weight is 425 g/mol. The highest BCUT2D eigenvalue weighted by atomic mass is 19.1. The third-order valence-electron chi connectivity index (χ3n) is 6.81. The van der Waals surface area contributed by atoms with Gasteiger partial charge in [-0.2, -0.15) is 0 Å². The van der Waals surface area contributed by atoms with E-state index in [0.717, 1.165) is 36.8 Å². The second-order valence-electron chi connectivity index (χ2n) is 8.52. The summed E-state index contributed by atoms with van der Waals surface area (Å²) in [5.74, 6) is 0.404. The standard InChI is InChI=1S/C25H29FN2O3/c1-18(29)28-15-14-27(17-22(28)21-10-3-4-11-23(21)31-2)24(30)25(12-5-6-13-25)19-8-7-9-20(26)16-19/h3-4,7-11,16,22H,5-6,12-15,17H2,1-2H3/t22-/m0/s1. The number of methoxy groups -OCH3 is 1. The van der Waals surface area contributed by atoms with Gasteiger partial charge in [0.05, 0.1) is 18.6 Å². The van der Waals surface area contributed by atoms with Crippen molar-refractivity contribution in [2.45, 2.75) is 44.1 Å². The van der Waals surface area contributed by atoms with Gasteiger partial charge in [-0.15, -0.1) is 0 Å². The molecule has 31 heavy (non-hydrogen) atoms. The highest BCUT2D eigenvalue weighted by Gasteiger charge is 2.47. The van der Waals surface area contributed by atoms with Crippen LogP contribution in [0.2, 0.25) is 0 Å². The Labute approximate surface area is 182 Å². The van der Waals surface area contributed by atoms with Crippen molar-refractivity contribution in [3.05, 3.63) is 65.5 Å². The number of piperazine rings is 1. The maximum Gasteiger partial charge on any atom is 0.233 e. The minimum atomic E-state index is -0.689. The number of hydrogen-bond donors (Lipinski definition) is 0. The van der Waals surface area contributed by atoms with Crippen LogP contribution in [0.3, 0.4) is 0 Å². The van der Waals surface area contributed by atoms with Crippen molar-refractivity contribution in [1.82, 2.24) is 9.80 Å². The van der Waals surface area contributed by atoms with E-state index in [0.29, 0.717) is 25.4 Å². The monoisotopic (exact) mass is 424 g/mol. The number of benzene rings is 2. The third-order valence-corrected chi connectivity index (χ3v) is 6.81. The lowest BCUT2D eigenvalue weighted by Gasteiger charge is -2.44. The maximum absolute atomic E-state index is 14.0. The van der Waals surface area contributed by atoms with E-state index in [9.17, 15) is 14.0 Å². The molecule has 0 radical (unpaired) electrons. The van der Waals surface area contributed by atoms with Gasteiger partial charge in [-0.05, 0) is 36.6 Å². The van der Waals surface area contributed by atoms with Crippen molar-refractivity contribution in [2.75, 3.05) is 26.7 Å². The molecule has 1 heterocycles. The number of rotatable bonds is 4. The Balaban J connectivity index is 1.68. The van der Waals surface area contributed by atoms with E-state index in [2.05, 4.69) is 0 Å². The first-order chi connectivity index (χ1) is 15.0. The topological polar surface area (TPSA) is 49.9 Å². The zero-order valence-electron chi connectivity index (χ0n) is 18.1. The number of nitrogens with zero attached hydrogens (tertiary/aromatic N) is 2. The molecule has 1 aliphatic carbocycles. The predicted molar refractivity (Wildman–Crippen MR) is 116 cm³/mol. The smallest absolute Gasteiger partial charge is 0.233 e. The Morgan fingerprint density at radius 2 is 1.81 bits per heavy atom. The summed E-state index contributed by atoms with van der Waals surface area (Å²) in [5, 5.41) is 0. The van der Waals surface area contributed by atoms with Gasteiger partial charge >= 0.3 is 0 Å². The third kappa shape index (κ3) is 3.91. The number of ether oxygens (including phenoxy) is 1. The lowest BCUT2D eigenvalue weighted by Crippen LogP contribution is -2.56. The summed E-state index contributed by atoms with van der Waals surface area (Å²) in [4.78, 5) is 30.0. The van der Waals surface area contributed by atoms with Gasteiger partial charge in [0, 0.05) is 32.1 Å². The van der Waals surface area contributed by atoms with E-state index in [4.69, 9.17) is 4.74 Å². The van der Waals surface area contributed by atoms with Crippen LogP contribution >= 0.6 is 0 Å². The quantitative estimate of drug-likeness (QED) is 0.743. The zero-order valence-corrected chi connectivity index (χ0v) is 18.1. The SMILES string of the molecule is COc1ccccc1[C@@H]1CN(C(=O)C2(c3cccc(F)c3)CCCC2)CCN1C(C)=O. The van der Waals surface area contributed by atoms with Gasteiger partial charge in [0.1, 0.15) is 11.6 Å². The first-order valence-corrected chi connectivity index (χ1v) is 10.9. The van der Waals surface area contributed by atoms with Crippen LogP contribution in [0, 0.1) is 5.82 Å². The number of halogens is 1. The van der Waals surface area contributed by atoms with E-state index in [1.54, 1.807) is 20.1 Å². The normalized spacial score (nSPS) is 20.5. The summed E-state index contributed by atoms with van der Waals surface area (Å²) in [7, 11) is 1.61. The molecule has 2 aromatic carbocycles. The predicted octanol–water partition coefficient (Wildman–Crippen LogP) is 4.08. The molecule has 5 nitrogen and oxygen atoms in total. The van der Waals surface area contributed by atoms with Crippen molar-refractivity contribution < 1.29 is 18.7 Å². The fourth-order valence-corrected chi connectivity index (χ4v) is 5.25. The molecule has 4 rings (SSSR count). The molecule has 164 valence electrons. The van der Waals surface area contributed by atoms with E-state index >= 15 is 0 Å². The summed E-state index contributed by atoms with van der Waals surface area (Å²) in [6.07, 6.45) is 3.35. The minimum Gasteiger partial charge on any atom is -0.496 e. The summed E-state index contributed by atoms with van der Waals surface area (Å²) >= 11 is 0. The van der Waals surface area contributed by atoms with E-state index in [-0.39, 0.29) is 23.7 Å². The molecule has 2 fully saturated rings. The van der Waals surface area contributed by atoms with Gasteiger partial charge in [0.15, 0.2) is 0 Å². The summed E-state index contributed by atoms with van der Waals surface area (Å²) in [6.45, 7) is 2.89. The van der Waals surface area contributed by atoms with Gasteiger partial charge < -0.3 is 14.5 Å². The number of amides is 2. The molecule has 0 spiro atoms. The van der Waals surface area contributed by atoms with Crippen LogP contribution in [0.5, 0.6) is 5.75 Å². The molecule has 0 bridgehead atoms. The van der Waals surface area contributed by atoms with Crippen LogP contribution in [-0.4, -0.2) is 48.4 Å². The first-order valence-electron chi connectivity index (χ1n) is 10.9. The van der Waals surface area contributed by atoms with Crippen molar-refractivity contribution in [2.24, 2.45) is 0 Å². The van der Waals surface area contributed by atoms with Crippen LogP contribution in [0.15, 0.2) is 48.5 Å². The van der Waals surface area contributed by atoms with Crippen LogP contribution in [-0.2, 0) is 15.0 Å². The second kappa shape index (κ2) is 8.69. The Kier molecular flexibility index (Phi) is 5.99. The average Bonchev–Trinajstić information content (AvgIpc) is 3.29. The molecule has 2 aromatic rings. The van der Waals surface area contributed by atoms with Gasteiger partial charge in [-0.3, -0.25) is 9.59 Å². The molecular weight excluding hydrogens is 395 g/mol. The number of hydrogen-bond acceptors (Lipinski definition) is 3. The van der Waals surface area contributed by atoms with Crippen LogP contribution in [0.25, 0.3) is 0 Å². The summed E-state index contributed by atoms with van der Waals surface area (Å²) in [5.41, 5.74) is 0.966. The number of carbonyl (C=O) groups excluding carboxylic acids is 2.